The Morgan fingerprint density at radius 1 is 1.42 bits per heavy atom. The predicted octanol–water partition coefficient (Wildman–Crippen LogP) is 26.1. The van der Waals surface area contributed by atoms with Crippen LogP contribution in [0.5, 0.6) is 5.75 Å². The number of pyridine rings is 2. The molecule has 8 nitrogen and oxygen atoms in total. The molecule has 380 valence electrons. The number of nitrogens with zero attached hydrogens (tertiary/aromatic N) is 3. The number of fused-ring (bicyclic) bond motifs is 5. The van der Waals surface area contributed by atoms with Gasteiger partial charge in [-0.3, -0.25) is 9.69 Å². The molecule has 0 unspecified atom stereocenters. The summed E-state index contributed by atoms with van der Waals surface area (Å²) in [6, 6.07) is 3.92. The number of aromatic nitrogens is 2. The van der Waals surface area contributed by atoms with Crippen LogP contribution in [0.15, 0.2) is 23.0 Å². The molecule has 5 rings (SSSR count). The van der Waals surface area contributed by atoms with E-state index in [1.54, 1.807) is 17.7 Å². The molecule has 0 saturated carbocycles. The van der Waals surface area contributed by atoms with Crippen LogP contribution in [0.1, 0.15) is 208 Å². The van der Waals surface area contributed by atoms with Crippen molar-refractivity contribution in [2.45, 2.75) is 72.3 Å². The number of methoxy groups -OCH3 is 1. The standard InChI is InChI=1S/C30H37N3O5.89H2/c1-9-32(7)29(5,6)24-19-11-18-14-33-23(25(18)31-22(19)10-17(4)26(24)37-8)12-21-20(27(33)34)15-38-28(35)30(21,36)13-16(2)3;;;;;;;;;;;;;;;;;;;;;;;;;;;;;;;;;;;;;;;;;;;;;;;;;;;;;;;;;;;;;;;;;;;;;;;;;;;;;;;;;;;;;;;;;/h10-12,16,36H,9,13-15H2,1-8H3;89*1H/t30-;;;;;;;;;;;;;;;;;;;;;;;;;;;;;;;;;;;;;;;;;;;;;;;;;;;;;;;;;;;;;;;;;;;;;;;;;;;;;;;;;;;;;;;;;/m0........................................................................................./s1/i11D;7*1+1D;;;;;;;;;;;;;;;;;;;;;;;;;;;;;;;;;;;;;;;;;;;;;;;;;;;;;;;;;;;;;;;;;;;;;;;;;;;;;;;;;;. The van der Waals surface area contributed by atoms with Crippen molar-refractivity contribution in [2.75, 3.05) is 20.7 Å². The van der Waals surface area contributed by atoms with Crippen LogP contribution in [0.2, 0.25) is 0 Å². The molecular weight excluding hydrogens is 482 g/mol. The van der Waals surface area contributed by atoms with Gasteiger partial charge >= 0.3 is 5.97 Å². The van der Waals surface area contributed by atoms with E-state index in [1.165, 1.54) is 0 Å². The summed E-state index contributed by atoms with van der Waals surface area (Å²) < 4.78 is 92.1. The van der Waals surface area contributed by atoms with Crippen LogP contribution in [-0.2, 0) is 33.8 Å². The minimum Gasteiger partial charge on any atom is -0.496 e. The van der Waals surface area contributed by atoms with Gasteiger partial charge in [-0.05, 0) is 70.4 Å². The van der Waals surface area contributed by atoms with Gasteiger partial charge in [0, 0.05) is 165 Å². The number of benzene rings is 1. The smallest absolute Gasteiger partial charge is 0.343 e. The Labute approximate surface area is 368 Å². The summed E-state index contributed by atoms with van der Waals surface area (Å²) in [6.07, 6.45) is 0.131. The molecule has 8 heteroatoms. The van der Waals surface area contributed by atoms with E-state index in [0.717, 1.165) is 23.4 Å². The largest absolute Gasteiger partial charge is 0.496 e. The highest BCUT2D eigenvalue weighted by molar-refractivity contribution is 5.91. The first kappa shape index (κ1) is 18.1. The van der Waals surface area contributed by atoms with Crippen molar-refractivity contribution < 1.29 is 159 Å². The molecule has 0 aliphatic carbocycles. The van der Waals surface area contributed by atoms with E-state index in [9.17, 15) is 16.1 Å². The summed E-state index contributed by atoms with van der Waals surface area (Å²) in [5.41, 5.74) is 1.92. The van der Waals surface area contributed by atoms with Gasteiger partial charge in [0.2, 0.25) is 0 Å². The first-order valence-corrected chi connectivity index (χ1v) is 13.2. The van der Waals surface area contributed by atoms with Gasteiger partial charge in [0.15, 0.2) is 5.60 Å². The van der Waals surface area contributed by atoms with E-state index in [-0.39, 0.29) is 159 Å². The predicted molar refractivity (Wildman–Crippen MR) is 334 cm³/mol. The number of aliphatic hydroxyl groups is 1. The molecule has 0 amide bonds. The highest BCUT2D eigenvalue weighted by Gasteiger charge is 2.47. The van der Waals surface area contributed by atoms with Gasteiger partial charge in [-0.25, -0.2) is 9.78 Å². The van der Waals surface area contributed by atoms with Crippen molar-refractivity contribution in [1.29, 1.82) is 0 Å². The molecule has 0 fully saturated rings. The lowest BCUT2D eigenvalue weighted by atomic mass is 9.82. The third kappa shape index (κ3) is 3.68. The second kappa shape index (κ2) is 8.92. The second-order valence-electron chi connectivity index (χ2n) is 11.5. The fraction of sp³-hybridized carbons (Fsp3) is 0.500. The van der Waals surface area contributed by atoms with Gasteiger partial charge in [0.25, 0.3) is 5.56 Å². The lowest BCUT2D eigenvalue weighted by Crippen LogP contribution is -2.45. The Morgan fingerprint density at radius 2 is 2.13 bits per heavy atom. The van der Waals surface area contributed by atoms with Crippen molar-refractivity contribution in [3.8, 4) is 17.1 Å². The molecule has 38 heavy (non-hydrogen) atoms. The number of carbonyl (C=O) groups excluding carboxylic acids is 1. The minimum atomic E-state index is -1.91. The van der Waals surface area contributed by atoms with Crippen LogP contribution in [-0.4, -0.2) is 46.2 Å². The van der Waals surface area contributed by atoms with Crippen LogP contribution in [0.4, 0.5) is 0 Å². The van der Waals surface area contributed by atoms with Gasteiger partial charge in [0.1, 0.15) is 12.4 Å². The summed E-state index contributed by atoms with van der Waals surface area (Å²) >= 11 is 0. The Bertz CT molecular complexity index is 1700. The first-order valence-electron chi connectivity index (χ1n) is 20.7. The van der Waals surface area contributed by atoms with Gasteiger partial charge in [-0.1, -0.05) is 20.8 Å². The highest BCUT2D eigenvalue weighted by atomic mass is 16.6. The molecule has 4 heterocycles. The fourth-order valence-electron chi connectivity index (χ4n) is 6.01. The zero-order chi connectivity index (χ0) is 42.6. The average Bonchev–Trinajstić information content (AvgIpc) is 3.57. The maximum absolute atomic E-state index is 13.7. The average molecular weight is 714 g/mol. The quantitative estimate of drug-likeness (QED) is 0.199. The van der Waals surface area contributed by atoms with Gasteiger partial charge in [0.05, 0.1) is 37.5 Å². The van der Waals surface area contributed by atoms with Crippen molar-refractivity contribution in [3.05, 3.63) is 56.3 Å². The van der Waals surface area contributed by atoms with E-state index in [4.69, 9.17) is 35.2 Å². The van der Waals surface area contributed by atoms with Crippen molar-refractivity contribution in [2.24, 2.45) is 5.92 Å². The molecule has 1 atom stereocenters. The molecule has 0 bridgehead atoms. The van der Waals surface area contributed by atoms with Crippen LogP contribution in [0.3, 0.4) is 0 Å². The van der Waals surface area contributed by atoms with E-state index in [1.807, 2.05) is 33.9 Å². The fourth-order valence-corrected chi connectivity index (χ4v) is 6.01. The molecule has 2 aliphatic heterocycles. The van der Waals surface area contributed by atoms with Crippen LogP contribution in [0, 0.1) is 12.8 Å². The zero-order valence-corrected chi connectivity index (χ0v) is 23.5. The summed E-state index contributed by atoms with van der Waals surface area (Å²) in [7, 11) is 3.69. The lowest BCUT2D eigenvalue weighted by molar-refractivity contribution is -0.174. The normalized spacial score (nSPS) is 20.4. The SMILES string of the molecule is [2H][2H].[2H][2H].[2H][2H].[2H][2H].[2H][2H].[2H][2H].[2H][2H].[2H]c1c2c(nc3cc(C)c(OC)c(C(C)(C)N(C)CC)c13)-c1cc3c(c(=O)n1C2)COC(=O)[C@]3(O)CC(C)C.[HH].[HH].[HH].[HH].[HH].[HH].[HH].[HH].[HH].[HH].[HH].[HH].[HH].[HH].[HH].[HH].[HH].[HH].[HH].[HH].[HH].[HH].[HH].[HH].[HH].[HH].[HH].[HH].[HH].[HH].[HH].[HH].[HH].[HH].[HH].[HH].[HH].[HH].[HH].[HH].[HH].[HH].[HH].[HH].[HH].[HH].[HH].[HH].[HH].[HH].[HH].[HH].[HH].[HH].[HH].[HH].[HH].[HH].[HH].[HH].[HH].[HH].[HH].[HH].[HH].[HH].[HH].[HH].[HH].[HH].[HH].[HH].[HH].[HH].[HH].[HH].[HH].[HH].[HH].[HH].[HH].[HH]. The molecule has 3 aromatic rings. The number of hydrogen-bond donors (Lipinski definition) is 1. The zero-order valence-electron chi connectivity index (χ0n) is 38.5. The molecule has 2 aliphatic rings. The van der Waals surface area contributed by atoms with E-state index in [0.29, 0.717) is 33.9 Å². The van der Waals surface area contributed by atoms with Crippen LogP contribution >= 0.6 is 0 Å². The number of ether oxygens (including phenoxy) is 2. The molecular formula is C30H215N3O5. The summed E-state index contributed by atoms with van der Waals surface area (Å²) in [6.45, 7) is 12.9. The Hall–Kier alpha value is -3.23. The first-order chi connectivity index (χ1) is 25.3. The molecule has 0 saturated heterocycles. The Morgan fingerprint density at radius 3 is 2.76 bits per heavy atom. The highest BCUT2D eigenvalue weighted by Crippen LogP contribution is 2.44. The summed E-state index contributed by atoms with van der Waals surface area (Å²) in [4.78, 5) is 33.7. The molecule has 0 radical (unpaired) electrons. The van der Waals surface area contributed by atoms with E-state index in [2.05, 4.69) is 25.7 Å². The molecule has 1 aromatic carbocycles. The number of hydrogen-bond acceptors (Lipinski definition) is 7. The second-order valence-corrected chi connectivity index (χ2v) is 11.5. The maximum atomic E-state index is 13.7. The van der Waals surface area contributed by atoms with E-state index < -0.39 is 17.1 Å². The third-order valence-corrected chi connectivity index (χ3v) is 8.28. The Balaban J connectivity index is -0.00000000302. The molecule has 2 aromatic heterocycles. The number of rotatable bonds is 6. The summed E-state index contributed by atoms with van der Waals surface area (Å²) in [5, 5.41) is 12.2. The Kier molecular flexibility index (Phi) is 4.25. The monoisotopic (exact) mass is 714 g/mol. The van der Waals surface area contributed by atoms with Crippen molar-refractivity contribution >= 4 is 16.9 Å². The lowest BCUT2D eigenvalue weighted by Gasteiger charge is -2.37. The maximum Gasteiger partial charge on any atom is 0.343 e. The van der Waals surface area contributed by atoms with Crippen LogP contribution in [0.25, 0.3) is 22.3 Å². The third-order valence-electron chi connectivity index (χ3n) is 8.28. The number of cyclic esters (lactones) is 1. The van der Waals surface area contributed by atoms with Gasteiger partial charge < -0.3 is 19.1 Å². The molecule has 0 spiro atoms. The van der Waals surface area contributed by atoms with Crippen molar-refractivity contribution in [1.82, 2.24) is 14.5 Å². The van der Waals surface area contributed by atoms with Crippen LogP contribution < -0.4 is 10.3 Å². The number of aryl methyl sites for hydroxylation is 1. The van der Waals surface area contributed by atoms with Crippen molar-refractivity contribution in [3.63, 3.8) is 0 Å². The van der Waals surface area contributed by atoms with Gasteiger partial charge in [-0.15, -0.1) is 0 Å². The topological polar surface area (TPSA) is 93.9 Å². The number of esters is 1. The summed E-state index contributed by atoms with van der Waals surface area (Å²) in [5.74, 6) is -0.0335. The molecule has 1 N–H and O–H groups in total. The number of carbonyl (C=O) groups is 1. The van der Waals surface area contributed by atoms with E-state index >= 15 is 0 Å². The minimum absolute atomic E-state index is 0. The van der Waals surface area contributed by atoms with Gasteiger partial charge in [-0.2, -0.15) is 0 Å².